The molecule has 2 bridgehead atoms. The Labute approximate surface area is 209 Å². The van der Waals surface area contributed by atoms with E-state index in [0.29, 0.717) is 6.54 Å². The molecule has 0 spiro atoms. The highest BCUT2D eigenvalue weighted by atomic mass is 79.9. The summed E-state index contributed by atoms with van der Waals surface area (Å²) in [4.78, 5) is 27.7. The van der Waals surface area contributed by atoms with Crippen LogP contribution in [0.2, 0.25) is 0 Å². The summed E-state index contributed by atoms with van der Waals surface area (Å²) >= 11 is 3.28. The second-order valence-corrected chi connectivity index (χ2v) is 13.0. The van der Waals surface area contributed by atoms with Crippen LogP contribution in [0.5, 0.6) is 0 Å². The third-order valence-corrected chi connectivity index (χ3v) is 8.49. The average molecular weight is 549 g/mol. The van der Waals surface area contributed by atoms with Crippen molar-refractivity contribution in [1.82, 2.24) is 4.90 Å². The van der Waals surface area contributed by atoms with Gasteiger partial charge >= 0.3 is 5.97 Å². The zero-order valence-corrected chi connectivity index (χ0v) is 21.9. The first kappa shape index (κ1) is 24.7. The monoisotopic (exact) mass is 548 g/mol. The number of rotatable bonds is 6. The molecule has 1 saturated heterocycles. The summed E-state index contributed by atoms with van der Waals surface area (Å²) in [5.41, 5.74) is 0.400. The Morgan fingerprint density at radius 1 is 1.09 bits per heavy atom. The van der Waals surface area contributed by atoms with Gasteiger partial charge in [0.05, 0.1) is 16.1 Å². The molecular formula is C25H29BrN2O5S. The fourth-order valence-corrected chi connectivity index (χ4v) is 6.95. The maximum Gasteiger partial charge on any atom is 0.340 e. The van der Waals surface area contributed by atoms with Crippen LogP contribution in [0.4, 0.5) is 5.69 Å². The summed E-state index contributed by atoms with van der Waals surface area (Å²) in [6, 6.07) is 12.5. The summed E-state index contributed by atoms with van der Waals surface area (Å²) < 4.78 is 34.1. The summed E-state index contributed by atoms with van der Waals surface area (Å²) in [5.74, 6) is -0.969. The van der Waals surface area contributed by atoms with E-state index in [1.807, 2.05) is 4.90 Å². The van der Waals surface area contributed by atoms with Crippen molar-refractivity contribution < 1.29 is 22.7 Å². The highest BCUT2D eigenvalue weighted by Gasteiger charge is 2.50. The van der Waals surface area contributed by atoms with Gasteiger partial charge in [-0.2, -0.15) is 0 Å². The Balaban J connectivity index is 1.44. The number of nitrogens with one attached hydrogen (secondary N) is 1. The van der Waals surface area contributed by atoms with Crippen LogP contribution >= 0.6 is 15.9 Å². The molecule has 0 radical (unpaired) electrons. The number of amides is 1. The number of hydrogen-bond acceptors (Lipinski definition) is 5. The Morgan fingerprint density at radius 2 is 1.76 bits per heavy atom. The van der Waals surface area contributed by atoms with E-state index in [2.05, 4.69) is 41.4 Å². The number of para-hydroxylation sites is 1. The number of esters is 1. The number of ether oxygens (including phenoxy) is 1. The van der Waals surface area contributed by atoms with Crippen LogP contribution in [-0.4, -0.2) is 44.4 Å². The Morgan fingerprint density at radius 3 is 2.47 bits per heavy atom. The van der Waals surface area contributed by atoms with Gasteiger partial charge in [0.25, 0.3) is 15.9 Å². The highest BCUT2D eigenvalue weighted by Crippen LogP contribution is 2.52. The molecule has 7 nitrogen and oxygen atoms in total. The molecule has 2 aromatic rings. The van der Waals surface area contributed by atoms with Crippen LogP contribution in [0, 0.1) is 10.8 Å². The number of anilines is 1. The van der Waals surface area contributed by atoms with Crippen LogP contribution in [0.25, 0.3) is 0 Å². The van der Waals surface area contributed by atoms with Gasteiger partial charge in [-0.1, -0.05) is 48.8 Å². The molecule has 9 heteroatoms. The quantitative estimate of drug-likeness (QED) is 0.521. The van der Waals surface area contributed by atoms with Gasteiger partial charge in [-0.15, -0.1) is 0 Å². The third-order valence-electron chi connectivity index (χ3n) is 6.58. The van der Waals surface area contributed by atoms with Crippen molar-refractivity contribution in [3.05, 3.63) is 58.6 Å². The lowest BCUT2D eigenvalue weighted by molar-refractivity contribution is -0.135. The van der Waals surface area contributed by atoms with Gasteiger partial charge in [0, 0.05) is 17.1 Å². The molecule has 0 unspecified atom stereocenters. The smallest absolute Gasteiger partial charge is 0.340 e. The molecule has 1 amide bonds. The van der Waals surface area contributed by atoms with Crippen LogP contribution in [-0.2, 0) is 19.6 Å². The maximum atomic E-state index is 12.9. The molecule has 2 aromatic carbocycles. The zero-order chi connectivity index (χ0) is 24.7. The fourth-order valence-electron chi connectivity index (χ4n) is 5.61. The number of carbonyl (C=O) groups excluding carboxylic acids is 2. The standard InChI is InChI=1S/C25H29BrN2O5S/c1-24(2)12-18-13-25(3,15-24)16-28(18)22(29)14-33-23(30)20-6-4-5-7-21(20)27-34(31,32)19-10-8-17(26)9-11-19/h4-11,18,27H,12-16H2,1-3H3/t18-,25-/m0/s1. The van der Waals surface area contributed by atoms with Crippen LogP contribution in [0.15, 0.2) is 57.9 Å². The Kier molecular flexibility index (Phi) is 6.54. The van der Waals surface area contributed by atoms with Crippen molar-refractivity contribution in [2.45, 2.75) is 51.0 Å². The summed E-state index contributed by atoms with van der Waals surface area (Å²) in [6.07, 6.45) is 2.96. The maximum absolute atomic E-state index is 12.9. The number of fused-ring (bicyclic) bond motifs is 2. The van der Waals surface area contributed by atoms with E-state index < -0.39 is 16.0 Å². The molecule has 1 aliphatic heterocycles. The van der Waals surface area contributed by atoms with Crippen LogP contribution < -0.4 is 4.72 Å². The minimum atomic E-state index is -3.91. The summed E-state index contributed by atoms with van der Waals surface area (Å²) in [6.45, 7) is 6.98. The first-order valence-corrected chi connectivity index (χ1v) is 13.5. The second-order valence-electron chi connectivity index (χ2n) is 10.4. The summed E-state index contributed by atoms with van der Waals surface area (Å²) in [7, 11) is -3.91. The first-order valence-electron chi connectivity index (χ1n) is 11.2. The number of likely N-dealkylation sites (tertiary alicyclic amines) is 1. The van der Waals surface area contributed by atoms with Crippen molar-refractivity contribution in [3.63, 3.8) is 0 Å². The van der Waals surface area contributed by atoms with Crippen LogP contribution in [0.3, 0.4) is 0 Å². The summed E-state index contributed by atoms with van der Waals surface area (Å²) in [5, 5.41) is 0. The largest absolute Gasteiger partial charge is 0.452 e. The number of halogens is 1. The first-order chi connectivity index (χ1) is 15.9. The normalized spacial score (nSPS) is 23.4. The number of nitrogens with zero attached hydrogens (tertiary/aromatic N) is 1. The number of sulfonamides is 1. The van der Waals surface area contributed by atoms with E-state index in [4.69, 9.17) is 4.74 Å². The van der Waals surface area contributed by atoms with Gasteiger partial charge in [0.2, 0.25) is 0 Å². The molecule has 1 N–H and O–H groups in total. The van der Waals surface area contributed by atoms with Crippen molar-refractivity contribution >= 4 is 43.5 Å². The molecular weight excluding hydrogens is 520 g/mol. The van der Waals surface area contributed by atoms with Crippen molar-refractivity contribution in [2.24, 2.45) is 10.8 Å². The van der Waals surface area contributed by atoms with Gasteiger partial charge in [0.1, 0.15) is 0 Å². The zero-order valence-electron chi connectivity index (χ0n) is 19.5. The van der Waals surface area contributed by atoms with Crippen LogP contribution in [0.1, 0.15) is 50.4 Å². The van der Waals surface area contributed by atoms with E-state index in [9.17, 15) is 18.0 Å². The number of hydrogen-bond donors (Lipinski definition) is 1. The Bertz CT molecular complexity index is 1210. The van der Waals surface area contributed by atoms with Crippen molar-refractivity contribution in [1.29, 1.82) is 0 Å². The molecule has 34 heavy (non-hydrogen) atoms. The predicted octanol–water partition coefficient (Wildman–Crippen LogP) is 4.83. The van der Waals surface area contributed by atoms with Crippen molar-refractivity contribution in [3.8, 4) is 0 Å². The fraction of sp³-hybridized carbons (Fsp3) is 0.440. The van der Waals surface area contributed by atoms with E-state index >= 15 is 0 Å². The lowest BCUT2D eigenvalue weighted by Gasteiger charge is -2.39. The molecule has 4 rings (SSSR count). The molecule has 182 valence electrons. The molecule has 2 atom stereocenters. The van der Waals surface area contributed by atoms with Gasteiger partial charge in [-0.3, -0.25) is 9.52 Å². The van der Waals surface area contributed by atoms with Gasteiger partial charge < -0.3 is 9.64 Å². The average Bonchev–Trinajstić information content (AvgIpc) is 3.01. The highest BCUT2D eigenvalue weighted by molar-refractivity contribution is 9.10. The molecule has 2 aliphatic rings. The molecule has 1 heterocycles. The Hall–Kier alpha value is -2.39. The van der Waals surface area contributed by atoms with E-state index in [-0.39, 0.29) is 45.5 Å². The van der Waals surface area contributed by atoms with Crippen molar-refractivity contribution in [2.75, 3.05) is 17.9 Å². The van der Waals surface area contributed by atoms with Gasteiger partial charge in [-0.25, -0.2) is 13.2 Å². The molecule has 2 fully saturated rings. The predicted molar refractivity (Wildman–Crippen MR) is 133 cm³/mol. The molecule has 1 aliphatic carbocycles. The van der Waals surface area contributed by atoms with E-state index in [0.717, 1.165) is 23.7 Å². The third kappa shape index (κ3) is 5.30. The van der Waals surface area contributed by atoms with E-state index in [1.165, 1.54) is 24.3 Å². The lowest BCUT2D eigenvalue weighted by atomic mass is 9.65. The topological polar surface area (TPSA) is 92.8 Å². The molecule has 1 saturated carbocycles. The minimum absolute atomic E-state index is 0.0456. The molecule has 0 aromatic heterocycles. The van der Waals surface area contributed by atoms with E-state index in [1.54, 1.807) is 24.3 Å². The van der Waals surface area contributed by atoms with Gasteiger partial charge in [-0.05, 0) is 66.5 Å². The number of benzene rings is 2. The number of carbonyl (C=O) groups is 2. The lowest BCUT2D eigenvalue weighted by Crippen LogP contribution is -2.39. The SMILES string of the molecule is CC1(C)C[C@H]2C[C@](C)(CN2C(=O)COC(=O)c2ccccc2NS(=O)(=O)c2ccc(Br)cc2)C1. The van der Waals surface area contributed by atoms with Gasteiger partial charge in [0.15, 0.2) is 6.61 Å². The second kappa shape index (κ2) is 9.00. The minimum Gasteiger partial charge on any atom is -0.452 e.